The SMILES string of the molecule is CCCCCC(CC)(CC)OB(OC(CC)(CC)CCCCC)OC(CC)(CC)CCCCC. The summed E-state index contributed by atoms with van der Waals surface area (Å²) < 4.78 is 20.9. The zero-order valence-electron chi connectivity index (χ0n) is 25.0. The highest BCUT2D eigenvalue weighted by atomic mass is 16.8. The minimum absolute atomic E-state index is 0.173. The Kier molecular flexibility index (Phi) is 19.1. The van der Waals surface area contributed by atoms with E-state index < -0.39 is 7.32 Å². The second-order valence-electron chi connectivity index (χ2n) is 10.7. The van der Waals surface area contributed by atoms with Crippen LogP contribution < -0.4 is 0 Å². The van der Waals surface area contributed by atoms with Gasteiger partial charge in [-0.3, -0.25) is 0 Å². The van der Waals surface area contributed by atoms with Crippen molar-refractivity contribution >= 4 is 7.32 Å². The maximum Gasteiger partial charge on any atom is 0.640 e. The normalized spacial score (nSPS) is 13.0. The summed E-state index contributed by atoms with van der Waals surface area (Å²) in [6.07, 6.45) is 20.3. The second kappa shape index (κ2) is 19.1. The number of hydrogen-bond acceptors (Lipinski definition) is 3. The molecule has 0 spiro atoms. The fraction of sp³-hybridized carbons (Fsp3) is 1.00. The van der Waals surface area contributed by atoms with Crippen molar-refractivity contribution in [2.24, 2.45) is 0 Å². The molecule has 4 heteroatoms. The minimum atomic E-state index is -0.593. The maximum absolute atomic E-state index is 6.97. The predicted octanol–water partition coefficient (Wildman–Crippen LogP) is 10.4. The van der Waals surface area contributed by atoms with Crippen molar-refractivity contribution in [2.75, 3.05) is 0 Å². The van der Waals surface area contributed by atoms with E-state index in [1.165, 1.54) is 57.8 Å². The Morgan fingerprint density at radius 1 is 0.382 bits per heavy atom. The van der Waals surface area contributed by atoms with E-state index in [-0.39, 0.29) is 16.8 Å². The summed E-state index contributed by atoms with van der Waals surface area (Å²) in [7, 11) is -0.593. The predicted molar refractivity (Wildman–Crippen MR) is 151 cm³/mol. The van der Waals surface area contributed by atoms with Gasteiger partial charge in [-0.05, 0) is 57.8 Å². The van der Waals surface area contributed by atoms with Crippen LogP contribution in [0.4, 0.5) is 0 Å². The topological polar surface area (TPSA) is 27.7 Å². The quantitative estimate of drug-likeness (QED) is 0.101. The summed E-state index contributed by atoms with van der Waals surface area (Å²) >= 11 is 0. The Bertz CT molecular complexity index is 389. The van der Waals surface area contributed by atoms with Gasteiger partial charge in [0.1, 0.15) is 0 Å². The standard InChI is InChI=1S/C30H63BO3/c1-10-19-22-25-28(13-4,14-5)32-31(33-29(15-6,16-7)26-23-20-11-2)34-30(17-8,18-9)27-24-21-12-3/h10-27H2,1-9H3. The highest BCUT2D eigenvalue weighted by Gasteiger charge is 2.44. The van der Waals surface area contributed by atoms with Crippen LogP contribution in [0.15, 0.2) is 0 Å². The third-order valence-corrected chi connectivity index (χ3v) is 8.61. The summed E-state index contributed by atoms with van der Waals surface area (Å²) in [6, 6.07) is 0. The molecule has 0 rings (SSSR count). The third kappa shape index (κ3) is 11.8. The van der Waals surface area contributed by atoms with Crippen molar-refractivity contribution in [3.8, 4) is 0 Å². The number of hydrogen-bond donors (Lipinski definition) is 0. The highest BCUT2D eigenvalue weighted by molar-refractivity contribution is 6.37. The van der Waals surface area contributed by atoms with Crippen LogP contribution in [-0.2, 0) is 14.0 Å². The third-order valence-electron chi connectivity index (χ3n) is 8.61. The molecule has 0 aromatic carbocycles. The van der Waals surface area contributed by atoms with Gasteiger partial charge in [0.2, 0.25) is 0 Å². The van der Waals surface area contributed by atoms with E-state index in [4.69, 9.17) is 14.0 Å². The van der Waals surface area contributed by atoms with Gasteiger partial charge in [0, 0.05) is 0 Å². The molecule has 34 heavy (non-hydrogen) atoms. The molecule has 0 aromatic heterocycles. The molecule has 3 nitrogen and oxygen atoms in total. The lowest BCUT2D eigenvalue weighted by molar-refractivity contribution is -0.104. The monoisotopic (exact) mass is 482 g/mol. The number of rotatable bonds is 24. The Morgan fingerprint density at radius 2 is 0.618 bits per heavy atom. The maximum atomic E-state index is 6.97. The van der Waals surface area contributed by atoms with Crippen LogP contribution >= 0.6 is 0 Å². The summed E-state index contributed by atoms with van der Waals surface area (Å²) in [5, 5.41) is 0. The average molecular weight is 483 g/mol. The van der Waals surface area contributed by atoms with Crippen molar-refractivity contribution in [3.63, 3.8) is 0 Å². The largest absolute Gasteiger partial charge is 0.640 e. The minimum Gasteiger partial charge on any atom is -0.380 e. The van der Waals surface area contributed by atoms with Gasteiger partial charge >= 0.3 is 7.32 Å². The zero-order valence-corrected chi connectivity index (χ0v) is 25.0. The van der Waals surface area contributed by atoms with Crippen molar-refractivity contribution < 1.29 is 14.0 Å². The molecule has 0 N–H and O–H groups in total. The summed E-state index contributed by atoms with van der Waals surface area (Å²) in [6.45, 7) is 20.5. The molecule has 0 fully saturated rings. The lowest BCUT2D eigenvalue weighted by Crippen LogP contribution is -2.51. The molecule has 0 radical (unpaired) electrons. The van der Waals surface area contributed by atoms with E-state index in [0.717, 1.165) is 57.8 Å². The summed E-state index contributed by atoms with van der Waals surface area (Å²) in [4.78, 5) is 0. The molecule has 0 aliphatic rings. The first-order valence-corrected chi connectivity index (χ1v) is 15.4. The number of unbranched alkanes of at least 4 members (excludes halogenated alkanes) is 6. The van der Waals surface area contributed by atoms with E-state index >= 15 is 0 Å². The van der Waals surface area contributed by atoms with Crippen molar-refractivity contribution in [2.45, 2.75) is 195 Å². The van der Waals surface area contributed by atoms with Gasteiger partial charge in [0.15, 0.2) is 0 Å². The summed E-state index contributed by atoms with van der Waals surface area (Å²) in [5.74, 6) is 0. The van der Waals surface area contributed by atoms with Crippen LogP contribution in [0.1, 0.15) is 178 Å². The Balaban J connectivity index is 5.98. The molecule has 0 atom stereocenters. The molecular weight excluding hydrogens is 419 g/mol. The van der Waals surface area contributed by atoms with Crippen LogP contribution in [0.5, 0.6) is 0 Å². The first-order chi connectivity index (χ1) is 16.3. The van der Waals surface area contributed by atoms with Gasteiger partial charge in [-0.15, -0.1) is 0 Å². The zero-order chi connectivity index (χ0) is 25.9. The molecule has 0 amide bonds. The molecule has 0 aliphatic carbocycles. The lowest BCUT2D eigenvalue weighted by atomic mass is 9.85. The molecule has 0 aromatic rings. The van der Waals surface area contributed by atoms with E-state index in [0.29, 0.717) is 0 Å². The fourth-order valence-electron chi connectivity index (χ4n) is 5.26. The van der Waals surface area contributed by atoms with Gasteiger partial charge in [-0.2, -0.15) is 0 Å². The molecule has 0 aliphatic heterocycles. The lowest BCUT2D eigenvalue weighted by Gasteiger charge is -2.43. The molecule has 0 saturated heterocycles. The Hall–Kier alpha value is -0.0551. The molecule has 204 valence electrons. The van der Waals surface area contributed by atoms with Gasteiger partial charge < -0.3 is 14.0 Å². The fourth-order valence-corrected chi connectivity index (χ4v) is 5.26. The highest BCUT2D eigenvalue weighted by Crippen LogP contribution is 2.36. The van der Waals surface area contributed by atoms with E-state index in [1.54, 1.807) is 0 Å². The first-order valence-electron chi connectivity index (χ1n) is 15.4. The Morgan fingerprint density at radius 3 is 0.794 bits per heavy atom. The summed E-state index contributed by atoms with van der Waals surface area (Å²) in [5.41, 5.74) is -0.520. The van der Waals surface area contributed by atoms with Gasteiger partial charge in [0.25, 0.3) is 0 Å². The smallest absolute Gasteiger partial charge is 0.380 e. The van der Waals surface area contributed by atoms with Gasteiger partial charge in [-0.25, -0.2) is 0 Å². The molecule has 0 saturated carbocycles. The first kappa shape index (κ1) is 33.9. The Labute approximate surface area is 216 Å². The van der Waals surface area contributed by atoms with Crippen LogP contribution in [0, 0.1) is 0 Å². The van der Waals surface area contributed by atoms with Gasteiger partial charge in [-0.1, -0.05) is 120 Å². The van der Waals surface area contributed by atoms with E-state index in [1.807, 2.05) is 0 Å². The van der Waals surface area contributed by atoms with Crippen LogP contribution in [0.2, 0.25) is 0 Å². The second-order valence-corrected chi connectivity index (χ2v) is 10.7. The average Bonchev–Trinajstić information content (AvgIpc) is 2.87. The molecule has 0 heterocycles. The van der Waals surface area contributed by atoms with Crippen LogP contribution in [0.25, 0.3) is 0 Å². The van der Waals surface area contributed by atoms with E-state index in [9.17, 15) is 0 Å². The van der Waals surface area contributed by atoms with Gasteiger partial charge in [0.05, 0.1) is 16.8 Å². The van der Waals surface area contributed by atoms with Crippen molar-refractivity contribution in [1.82, 2.24) is 0 Å². The van der Waals surface area contributed by atoms with Crippen LogP contribution in [0.3, 0.4) is 0 Å². The van der Waals surface area contributed by atoms with Crippen molar-refractivity contribution in [3.05, 3.63) is 0 Å². The van der Waals surface area contributed by atoms with Crippen molar-refractivity contribution in [1.29, 1.82) is 0 Å². The van der Waals surface area contributed by atoms with Crippen LogP contribution in [-0.4, -0.2) is 24.1 Å². The molecule has 0 bridgehead atoms. The molecule has 0 unspecified atom stereocenters. The molecular formula is C30H63BO3. The van der Waals surface area contributed by atoms with E-state index in [2.05, 4.69) is 62.3 Å².